The van der Waals surface area contributed by atoms with Gasteiger partial charge in [-0.15, -0.1) is 0 Å². The smallest absolute Gasteiger partial charge is 0.189 e. The molecular weight excluding hydrogens is 343 g/mol. The average Bonchev–Trinajstić information content (AvgIpc) is 2.94. The van der Waals surface area contributed by atoms with Gasteiger partial charge in [0.15, 0.2) is 11.0 Å². The highest BCUT2D eigenvalue weighted by molar-refractivity contribution is 7.99. The van der Waals surface area contributed by atoms with E-state index in [1.54, 1.807) is 12.1 Å². The number of fused-ring (bicyclic) bond motifs is 1. The van der Waals surface area contributed by atoms with E-state index >= 15 is 0 Å². The molecular formula is C13H12Cl2N6S. The second-order valence-electron chi connectivity index (χ2n) is 4.82. The lowest BCUT2D eigenvalue weighted by atomic mass is 10.3. The van der Waals surface area contributed by atoms with Crippen molar-refractivity contribution in [2.24, 2.45) is 0 Å². The molecule has 0 atom stereocenters. The van der Waals surface area contributed by atoms with Crippen LogP contribution < -0.4 is 5.32 Å². The molecule has 2 N–H and O–H groups in total. The van der Waals surface area contributed by atoms with Crippen LogP contribution >= 0.6 is 35.0 Å². The first-order valence-corrected chi connectivity index (χ1v) is 8.06. The SMILES string of the molecule is CC(C)Nc1nc2cc(Cl)c(Cl)cc2nc1Sc1ncn[nH]1. The van der Waals surface area contributed by atoms with Crippen molar-refractivity contribution < 1.29 is 0 Å². The fourth-order valence-corrected chi connectivity index (χ4v) is 2.85. The number of rotatable bonds is 4. The number of aromatic nitrogens is 5. The molecule has 1 aromatic carbocycles. The summed E-state index contributed by atoms with van der Waals surface area (Å²) in [6.07, 6.45) is 1.45. The number of hydrogen-bond acceptors (Lipinski definition) is 6. The zero-order valence-electron chi connectivity index (χ0n) is 11.8. The Bertz CT molecular complexity index is 806. The predicted octanol–water partition coefficient (Wildman–Crippen LogP) is 4.03. The predicted molar refractivity (Wildman–Crippen MR) is 88.8 cm³/mol. The minimum absolute atomic E-state index is 0.212. The third-order valence-corrected chi connectivity index (χ3v) is 4.28. The molecule has 2 aromatic heterocycles. The van der Waals surface area contributed by atoms with Gasteiger partial charge in [-0.05, 0) is 37.7 Å². The number of H-pyrrole nitrogens is 1. The average molecular weight is 355 g/mol. The lowest BCUT2D eigenvalue weighted by Gasteiger charge is -2.13. The molecule has 0 aliphatic carbocycles. The summed E-state index contributed by atoms with van der Waals surface area (Å²) in [5.74, 6) is 0.669. The quantitative estimate of drug-likeness (QED) is 0.736. The van der Waals surface area contributed by atoms with Crippen molar-refractivity contribution in [3.05, 3.63) is 28.5 Å². The summed E-state index contributed by atoms with van der Waals surface area (Å²) in [5, 5.41) is 12.1. The van der Waals surface area contributed by atoms with Gasteiger partial charge in [0.2, 0.25) is 0 Å². The van der Waals surface area contributed by atoms with Gasteiger partial charge in [-0.1, -0.05) is 23.2 Å². The highest BCUT2D eigenvalue weighted by atomic mass is 35.5. The van der Waals surface area contributed by atoms with Crippen LogP contribution in [-0.2, 0) is 0 Å². The van der Waals surface area contributed by atoms with Gasteiger partial charge in [-0.3, -0.25) is 5.10 Å². The van der Waals surface area contributed by atoms with Crippen LogP contribution in [0.2, 0.25) is 10.0 Å². The maximum absolute atomic E-state index is 6.06. The molecule has 9 heteroatoms. The Morgan fingerprint density at radius 1 is 1.14 bits per heavy atom. The number of nitrogens with zero attached hydrogens (tertiary/aromatic N) is 4. The summed E-state index contributed by atoms with van der Waals surface area (Å²) in [4.78, 5) is 13.3. The standard InChI is InChI=1S/C13H12Cl2N6S/c1-6(2)18-11-12(22-13-16-5-17-21-13)20-10-4-8(15)7(14)3-9(10)19-11/h3-6H,1-2H3,(H,18,19)(H,16,17,21). The van der Waals surface area contributed by atoms with Gasteiger partial charge < -0.3 is 5.32 Å². The molecule has 0 fully saturated rings. The molecule has 0 spiro atoms. The number of benzene rings is 1. The topological polar surface area (TPSA) is 79.4 Å². The van der Waals surface area contributed by atoms with Crippen molar-refractivity contribution in [2.45, 2.75) is 30.1 Å². The van der Waals surface area contributed by atoms with E-state index in [4.69, 9.17) is 23.2 Å². The second kappa shape index (κ2) is 6.28. The van der Waals surface area contributed by atoms with E-state index in [1.165, 1.54) is 18.1 Å². The normalized spacial score (nSPS) is 11.3. The summed E-state index contributed by atoms with van der Waals surface area (Å²) >= 11 is 13.5. The molecule has 0 aliphatic heterocycles. The van der Waals surface area contributed by atoms with Gasteiger partial charge in [0.1, 0.15) is 11.4 Å². The molecule has 0 amide bonds. The Labute approximate surface area is 141 Å². The molecule has 2 heterocycles. The van der Waals surface area contributed by atoms with E-state index in [1.807, 2.05) is 13.8 Å². The number of halogens is 2. The lowest BCUT2D eigenvalue weighted by Crippen LogP contribution is -2.12. The summed E-state index contributed by atoms with van der Waals surface area (Å²) in [6.45, 7) is 4.06. The van der Waals surface area contributed by atoms with Crippen molar-refractivity contribution in [1.29, 1.82) is 0 Å². The van der Waals surface area contributed by atoms with E-state index in [2.05, 4.69) is 30.5 Å². The minimum atomic E-state index is 0.212. The molecule has 3 rings (SSSR count). The van der Waals surface area contributed by atoms with Crippen LogP contribution in [0.3, 0.4) is 0 Å². The van der Waals surface area contributed by atoms with Gasteiger partial charge in [0.25, 0.3) is 0 Å². The Morgan fingerprint density at radius 3 is 2.41 bits per heavy atom. The first-order chi connectivity index (χ1) is 10.5. The molecule has 3 aromatic rings. The monoisotopic (exact) mass is 354 g/mol. The van der Waals surface area contributed by atoms with Crippen molar-refractivity contribution in [1.82, 2.24) is 25.1 Å². The van der Waals surface area contributed by atoms with E-state index in [0.717, 1.165) is 0 Å². The van der Waals surface area contributed by atoms with Crippen molar-refractivity contribution in [2.75, 3.05) is 5.32 Å². The molecule has 6 nitrogen and oxygen atoms in total. The third kappa shape index (κ3) is 3.26. The van der Waals surface area contributed by atoms with E-state index in [9.17, 15) is 0 Å². The van der Waals surface area contributed by atoms with Crippen LogP contribution in [0.5, 0.6) is 0 Å². The molecule has 0 aliphatic rings. The number of aromatic amines is 1. The molecule has 0 saturated heterocycles. The van der Waals surface area contributed by atoms with Crippen molar-refractivity contribution in [3.8, 4) is 0 Å². The lowest BCUT2D eigenvalue weighted by molar-refractivity contribution is 0.875. The summed E-state index contributed by atoms with van der Waals surface area (Å²) in [7, 11) is 0. The number of hydrogen-bond donors (Lipinski definition) is 2. The molecule has 22 heavy (non-hydrogen) atoms. The zero-order valence-corrected chi connectivity index (χ0v) is 14.1. The van der Waals surface area contributed by atoms with Crippen molar-refractivity contribution >= 4 is 51.8 Å². The van der Waals surface area contributed by atoms with Crippen LogP contribution in [0.4, 0.5) is 5.82 Å². The third-order valence-electron chi connectivity index (χ3n) is 2.69. The van der Waals surface area contributed by atoms with Crippen LogP contribution in [0, 0.1) is 0 Å². The van der Waals surface area contributed by atoms with Crippen LogP contribution in [0.25, 0.3) is 11.0 Å². The summed E-state index contributed by atoms with van der Waals surface area (Å²) in [6, 6.07) is 3.62. The van der Waals surface area contributed by atoms with Crippen LogP contribution in [0.1, 0.15) is 13.8 Å². The summed E-state index contributed by atoms with van der Waals surface area (Å²) in [5.41, 5.74) is 1.35. The number of nitrogens with one attached hydrogen (secondary N) is 2. The highest BCUT2D eigenvalue weighted by Crippen LogP contribution is 2.33. The van der Waals surface area contributed by atoms with Gasteiger partial charge in [-0.2, -0.15) is 5.10 Å². The Kier molecular flexibility index (Phi) is 4.37. The highest BCUT2D eigenvalue weighted by Gasteiger charge is 2.14. The van der Waals surface area contributed by atoms with Gasteiger partial charge in [0.05, 0.1) is 21.1 Å². The maximum Gasteiger partial charge on any atom is 0.189 e. The number of anilines is 1. The van der Waals surface area contributed by atoms with Crippen LogP contribution in [0.15, 0.2) is 28.6 Å². The molecule has 0 radical (unpaired) electrons. The van der Waals surface area contributed by atoms with Gasteiger partial charge >= 0.3 is 0 Å². The zero-order chi connectivity index (χ0) is 15.7. The molecule has 0 bridgehead atoms. The maximum atomic E-state index is 6.06. The summed E-state index contributed by atoms with van der Waals surface area (Å²) < 4.78 is 0. The van der Waals surface area contributed by atoms with Crippen molar-refractivity contribution in [3.63, 3.8) is 0 Å². The molecule has 0 saturated carbocycles. The minimum Gasteiger partial charge on any atom is -0.366 e. The Hall–Kier alpha value is -1.57. The Balaban J connectivity index is 2.11. The van der Waals surface area contributed by atoms with E-state index < -0.39 is 0 Å². The first-order valence-electron chi connectivity index (χ1n) is 6.49. The fourth-order valence-electron chi connectivity index (χ4n) is 1.81. The van der Waals surface area contributed by atoms with E-state index in [-0.39, 0.29) is 6.04 Å². The second-order valence-corrected chi connectivity index (χ2v) is 6.62. The fraction of sp³-hybridized carbons (Fsp3) is 0.231. The van der Waals surface area contributed by atoms with Crippen LogP contribution in [-0.4, -0.2) is 31.2 Å². The molecule has 0 unspecified atom stereocenters. The van der Waals surface area contributed by atoms with Gasteiger partial charge in [-0.25, -0.2) is 15.0 Å². The Morgan fingerprint density at radius 2 is 1.82 bits per heavy atom. The first kappa shape index (κ1) is 15.3. The van der Waals surface area contributed by atoms with E-state index in [0.29, 0.717) is 37.1 Å². The largest absolute Gasteiger partial charge is 0.366 e. The molecule has 114 valence electrons. The van der Waals surface area contributed by atoms with Gasteiger partial charge in [0, 0.05) is 6.04 Å².